The third kappa shape index (κ3) is 52.2. The zero-order chi connectivity index (χ0) is 47.2. The lowest BCUT2D eigenvalue weighted by atomic mass is 10.1. The molecule has 0 amide bonds. The second kappa shape index (κ2) is 54.0. The van der Waals surface area contributed by atoms with Gasteiger partial charge >= 0.3 is 17.9 Å². The standard InChI is InChI=1S/C59H106O6/c1-4-7-10-13-16-19-22-25-27-29-31-32-34-37-40-43-46-49-52-58(61)64-55-56(54-63-57(60)51-48-45-42-39-36-24-21-18-15-12-9-6-3)65-59(62)53-50-47-44-41-38-35-33-30-28-26-23-20-17-14-11-8-5-2/h17-18,20-21,26-29,56H,4-16,19,22-25,30-55H2,1-3H3/b20-17-,21-18-,28-26-,29-27-. The lowest BCUT2D eigenvalue weighted by molar-refractivity contribution is -0.167. The molecule has 6 nitrogen and oxygen atoms in total. The fourth-order valence-corrected chi connectivity index (χ4v) is 7.99. The Morgan fingerprint density at radius 1 is 0.308 bits per heavy atom. The quantitative estimate of drug-likeness (QED) is 0.0262. The van der Waals surface area contributed by atoms with Crippen LogP contribution in [-0.2, 0) is 28.6 Å². The van der Waals surface area contributed by atoms with Crippen LogP contribution in [0.25, 0.3) is 0 Å². The third-order valence-electron chi connectivity index (χ3n) is 12.3. The van der Waals surface area contributed by atoms with E-state index < -0.39 is 6.10 Å². The Labute approximate surface area is 403 Å². The summed E-state index contributed by atoms with van der Waals surface area (Å²) in [4.78, 5) is 38.1. The van der Waals surface area contributed by atoms with Gasteiger partial charge in [-0.05, 0) is 103 Å². The summed E-state index contributed by atoms with van der Waals surface area (Å²) in [5, 5.41) is 0. The largest absolute Gasteiger partial charge is 0.462 e. The predicted octanol–water partition coefficient (Wildman–Crippen LogP) is 18.7. The number of carbonyl (C=O) groups is 3. The van der Waals surface area contributed by atoms with Crippen molar-refractivity contribution in [2.24, 2.45) is 0 Å². The first-order chi connectivity index (χ1) is 32.0. The van der Waals surface area contributed by atoms with E-state index in [1.807, 2.05) is 0 Å². The van der Waals surface area contributed by atoms with Gasteiger partial charge in [-0.1, -0.05) is 217 Å². The zero-order valence-corrected chi connectivity index (χ0v) is 43.3. The van der Waals surface area contributed by atoms with E-state index in [2.05, 4.69) is 69.4 Å². The maximum absolute atomic E-state index is 12.8. The summed E-state index contributed by atoms with van der Waals surface area (Å²) < 4.78 is 16.8. The Morgan fingerprint density at radius 2 is 0.554 bits per heavy atom. The number of hydrogen-bond acceptors (Lipinski definition) is 6. The maximum Gasteiger partial charge on any atom is 0.306 e. The minimum absolute atomic E-state index is 0.0800. The Kier molecular flexibility index (Phi) is 51.8. The van der Waals surface area contributed by atoms with Crippen molar-refractivity contribution in [2.75, 3.05) is 13.2 Å². The Balaban J connectivity index is 4.36. The van der Waals surface area contributed by atoms with Crippen LogP contribution in [0, 0.1) is 0 Å². The molecule has 0 aliphatic rings. The summed E-state index contributed by atoms with van der Waals surface area (Å²) in [5.41, 5.74) is 0. The van der Waals surface area contributed by atoms with Crippen LogP contribution < -0.4 is 0 Å². The summed E-state index contributed by atoms with van der Waals surface area (Å²) >= 11 is 0. The molecular weight excluding hydrogens is 805 g/mol. The molecule has 6 heteroatoms. The van der Waals surface area contributed by atoms with Crippen LogP contribution in [-0.4, -0.2) is 37.2 Å². The molecule has 0 saturated heterocycles. The fraction of sp³-hybridized carbons (Fsp3) is 0.814. The van der Waals surface area contributed by atoms with E-state index in [4.69, 9.17) is 14.2 Å². The molecule has 0 fully saturated rings. The first kappa shape index (κ1) is 62.4. The molecule has 0 N–H and O–H groups in total. The molecule has 0 spiro atoms. The summed E-state index contributed by atoms with van der Waals surface area (Å²) in [7, 11) is 0. The summed E-state index contributed by atoms with van der Waals surface area (Å²) in [5.74, 6) is -0.891. The van der Waals surface area contributed by atoms with Gasteiger partial charge in [-0.25, -0.2) is 0 Å². The Morgan fingerprint density at radius 3 is 0.892 bits per heavy atom. The summed E-state index contributed by atoms with van der Waals surface area (Å²) in [6.07, 6.45) is 65.2. The highest BCUT2D eigenvalue weighted by Crippen LogP contribution is 2.15. The molecule has 0 rings (SSSR count). The summed E-state index contributed by atoms with van der Waals surface area (Å²) in [6, 6.07) is 0. The number of carbonyl (C=O) groups excluding carboxylic acids is 3. The van der Waals surface area contributed by atoms with Crippen molar-refractivity contribution < 1.29 is 28.6 Å². The van der Waals surface area contributed by atoms with Gasteiger partial charge in [0.15, 0.2) is 6.10 Å². The van der Waals surface area contributed by atoms with Crippen LogP contribution in [0.5, 0.6) is 0 Å². The molecule has 1 atom stereocenters. The number of allylic oxidation sites excluding steroid dienone is 8. The highest BCUT2D eigenvalue weighted by Gasteiger charge is 2.19. The van der Waals surface area contributed by atoms with Crippen LogP contribution in [0.4, 0.5) is 0 Å². The van der Waals surface area contributed by atoms with Gasteiger partial charge in [0.1, 0.15) is 13.2 Å². The van der Waals surface area contributed by atoms with Crippen molar-refractivity contribution in [1.29, 1.82) is 0 Å². The van der Waals surface area contributed by atoms with Gasteiger partial charge in [0.25, 0.3) is 0 Å². The lowest BCUT2D eigenvalue weighted by Gasteiger charge is -2.18. The van der Waals surface area contributed by atoms with E-state index in [1.165, 1.54) is 173 Å². The molecule has 0 aromatic rings. The average Bonchev–Trinajstić information content (AvgIpc) is 3.30. The average molecular weight is 911 g/mol. The second-order valence-corrected chi connectivity index (χ2v) is 18.8. The Bertz CT molecular complexity index is 1140. The van der Waals surface area contributed by atoms with Crippen molar-refractivity contribution in [3.8, 4) is 0 Å². The number of rotatable bonds is 51. The highest BCUT2D eigenvalue weighted by molar-refractivity contribution is 5.71. The lowest BCUT2D eigenvalue weighted by Crippen LogP contribution is -2.30. The fourth-order valence-electron chi connectivity index (χ4n) is 7.99. The van der Waals surface area contributed by atoms with Crippen molar-refractivity contribution in [3.05, 3.63) is 48.6 Å². The normalized spacial score (nSPS) is 12.4. The van der Waals surface area contributed by atoms with Crippen LogP contribution in [0.2, 0.25) is 0 Å². The van der Waals surface area contributed by atoms with E-state index in [9.17, 15) is 14.4 Å². The molecule has 0 aliphatic carbocycles. The minimum Gasteiger partial charge on any atom is -0.462 e. The van der Waals surface area contributed by atoms with Gasteiger partial charge < -0.3 is 14.2 Å². The molecule has 1 unspecified atom stereocenters. The first-order valence-corrected chi connectivity index (χ1v) is 28.1. The molecule has 0 bridgehead atoms. The minimum atomic E-state index is -0.781. The predicted molar refractivity (Wildman–Crippen MR) is 279 cm³/mol. The van der Waals surface area contributed by atoms with Crippen LogP contribution in [0.3, 0.4) is 0 Å². The highest BCUT2D eigenvalue weighted by atomic mass is 16.6. The van der Waals surface area contributed by atoms with Crippen LogP contribution in [0.15, 0.2) is 48.6 Å². The summed E-state index contributed by atoms with van der Waals surface area (Å²) in [6.45, 7) is 6.59. The van der Waals surface area contributed by atoms with Crippen molar-refractivity contribution in [1.82, 2.24) is 0 Å². The monoisotopic (exact) mass is 911 g/mol. The van der Waals surface area contributed by atoms with E-state index in [0.29, 0.717) is 19.3 Å². The van der Waals surface area contributed by atoms with Gasteiger partial charge in [-0.3, -0.25) is 14.4 Å². The molecule has 0 radical (unpaired) electrons. The molecule has 0 saturated carbocycles. The SMILES string of the molecule is CCCCC/C=C\C/C=C\CCCCCCCCCC(=O)OC(COC(=O)CCCCCCC/C=C\CCCCC)COC(=O)CCCCCCCCC/C=C\CCCCCCCCC. The topological polar surface area (TPSA) is 78.9 Å². The maximum atomic E-state index is 12.8. The molecular formula is C59H106O6. The van der Waals surface area contributed by atoms with Gasteiger partial charge in [0.2, 0.25) is 0 Å². The molecule has 0 aromatic heterocycles. The first-order valence-electron chi connectivity index (χ1n) is 28.1. The van der Waals surface area contributed by atoms with Crippen LogP contribution >= 0.6 is 0 Å². The van der Waals surface area contributed by atoms with Crippen LogP contribution in [0.1, 0.15) is 290 Å². The van der Waals surface area contributed by atoms with Gasteiger partial charge in [-0.2, -0.15) is 0 Å². The van der Waals surface area contributed by atoms with Gasteiger partial charge in [0, 0.05) is 19.3 Å². The molecule has 65 heavy (non-hydrogen) atoms. The van der Waals surface area contributed by atoms with E-state index in [-0.39, 0.29) is 31.1 Å². The number of unbranched alkanes of at least 4 members (excludes halogenated alkanes) is 32. The smallest absolute Gasteiger partial charge is 0.306 e. The Hall–Kier alpha value is -2.63. The van der Waals surface area contributed by atoms with Crippen molar-refractivity contribution in [2.45, 2.75) is 297 Å². The number of ether oxygens (including phenoxy) is 3. The number of esters is 3. The third-order valence-corrected chi connectivity index (χ3v) is 12.3. The molecule has 0 heterocycles. The zero-order valence-electron chi connectivity index (χ0n) is 43.3. The number of hydrogen-bond donors (Lipinski definition) is 0. The molecule has 0 aromatic carbocycles. The van der Waals surface area contributed by atoms with Crippen molar-refractivity contribution >= 4 is 17.9 Å². The van der Waals surface area contributed by atoms with E-state index >= 15 is 0 Å². The van der Waals surface area contributed by atoms with Crippen molar-refractivity contribution in [3.63, 3.8) is 0 Å². The van der Waals surface area contributed by atoms with E-state index in [1.54, 1.807) is 0 Å². The second-order valence-electron chi connectivity index (χ2n) is 18.8. The van der Waals surface area contributed by atoms with E-state index in [0.717, 1.165) is 77.0 Å². The van der Waals surface area contributed by atoms with Gasteiger partial charge in [-0.15, -0.1) is 0 Å². The molecule has 0 aliphatic heterocycles. The van der Waals surface area contributed by atoms with Gasteiger partial charge in [0.05, 0.1) is 0 Å². The molecule has 378 valence electrons.